The van der Waals surface area contributed by atoms with Crippen molar-refractivity contribution in [2.75, 3.05) is 13.1 Å². The van der Waals surface area contributed by atoms with E-state index < -0.39 is 5.60 Å². The van der Waals surface area contributed by atoms with Crippen LogP contribution in [0.3, 0.4) is 0 Å². The molecular weight excluding hydrogens is 217 g/mol. The predicted molar refractivity (Wildman–Crippen MR) is 66.3 cm³/mol. The van der Waals surface area contributed by atoms with Crippen LogP contribution in [-0.4, -0.2) is 23.8 Å². The first kappa shape index (κ1) is 12.5. The molecule has 0 amide bonds. The summed E-state index contributed by atoms with van der Waals surface area (Å²) in [5, 5.41) is 13.8. The SMILES string of the molecule is CC(O)(Cc1ccccc1F)C1CCNCC1. The number of hydrogen-bond acceptors (Lipinski definition) is 2. The van der Waals surface area contributed by atoms with Gasteiger partial charge in [0.2, 0.25) is 0 Å². The van der Waals surface area contributed by atoms with Crippen LogP contribution in [0, 0.1) is 11.7 Å². The topological polar surface area (TPSA) is 32.3 Å². The lowest BCUT2D eigenvalue weighted by Crippen LogP contribution is -2.43. The van der Waals surface area contributed by atoms with Gasteiger partial charge in [-0.25, -0.2) is 4.39 Å². The van der Waals surface area contributed by atoms with Crippen LogP contribution in [0.25, 0.3) is 0 Å². The van der Waals surface area contributed by atoms with E-state index >= 15 is 0 Å². The highest BCUT2D eigenvalue weighted by Gasteiger charge is 2.33. The minimum Gasteiger partial charge on any atom is -0.390 e. The molecule has 0 spiro atoms. The van der Waals surface area contributed by atoms with Gasteiger partial charge in [-0.3, -0.25) is 0 Å². The van der Waals surface area contributed by atoms with Gasteiger partial charge >= 0.3 is 0 Å². The summed E-state index contributed by atoms with van der Waals surface area (Å²) in [6.07, 6.45) is 2.31. The molecule has 1 atom stereocenters. The molecule has 94 valence electrons. The van der Waals surface area contributed by atoms with Crippen molar-refractivity contribution in [2.24, 2.45) is 5.92 Å². The average Bonchev–Trinajstić information content (AvgIpc) is 2.33. The molecule has 2 N–H and O–H groups in total. The lowest BCUT2D eigenvalue weighted by atomic mass is 9.78. The summed E-state index contributed by atoms with van der Waals surface area (Å²) in [7, 11) is 0. The molecule has 2 rings (SSSR count). The first-order valence-electron chi connectivity index (χ1n) is 6.26. The summed E-state index contributed by atoms with van der Waals surface area (Å²) >= 11 is 0. The van der Waals surface area contributed by atoms with Crippen molar-refractivity contribution in [3.05, 3.63) is 35.6 Å². The quantitative estimate of drug-likeness (QED) is 0.844. The van der Waals surface area contributed by atoms with Crippen LogP contribution in [0.4, 0.5) is 4.39 Å². The Kier molecular flexibility index (Phi) is 3.79. The van der Waals surface area contributed by atoms with Gasteiger partial charge in [0.25, 0.3) is 0 Å². The standard InChI is InChI=1S/C14H20FNO/c1-14(17,12-6-8-16-9-7-12)10-11-4-2-3-5-13(11)15/h2-5,12,16-17H,6-10H2,1H3. The van der Waals surface area contributed by atoms with E-state index in [1.54, 1.807) is 12.1 Å². The molecule has 1 aliphatic rings. The van der Waals surface area contributed by atoms with E-state index in [-0.39, 0.29) is 11.7 Å². The summed E-state index contributed by atoms with van der Waals surface area (Å²) in [4.78, 5) is 0. The summed E-state index contributed by atoms with van der Waals surface area (Å²) in [6.45, 7) is 3.71. The van der Waals surface area contributed by atoms with E-state index in [2.05, 4.69) is 5.32 Å². The monoisotopic (exact) mass is 237 g/mol. The molecule has 1 aliphatic heterocycles. The number of piperidine rings is 1. The van der Waals surface area contributed by atoms with Gasteiger partial charge in [0.1, 0.15) is 5.82 Å². The molecule has 0 aliphatic carbocycles. The fourth-order valence-electron chi connectivity index (χ4n) is 2.62. The van der Waals surface area contributed by atoms with Crippen molar-refractivity contribution in [3.63, 3.8) is 0 Å². The van der Waals surface area contributed by atoms with E-state index in [1.807, 2.05) is 13.0 Å². The van der Waals surface area contributed by atoms with Gasteiger partial charge in [-0.1, -0.05) is 18.2 Å². The fourth-order valence-corrected chi connectivity index (χ4v) is 2.62. The fraction of sp³-hybridized carbons (Fsp3) is 0.571. The third-order valence-corrected chi connectivity index (χ3v) is 3.72. The largest absolute Gasteiger partial charge is 0.390 e. The van der Waals surface area contributed by atoms with Crippen LogP contribution in [0.1, 0.15) is 25.3 Å². The Morgan fingerprint density at radius 1 is 1.35 bits per heavy atom. The Balaban J connectivity index is 2.08. The maximum atomic E-state index is 13.6. The molecule has 0 saturated carbocycles. The highest BCUT2D eigenvalue weighted by atomic mass is 19.1. The second-order valence-electron chi connectivity index (χ2n) is 5.15. The van der Waals surface area contributed by atoms with Gasteiger partial charge in [-0.15, -0.1) is 0 Å². The highest BCUT2D eigenvalue weighted by molar-refractivity contribution is 5.19. The number of benzene rings is 1. The van der Waals surface area contributed by atoms with Crippen LogP contribution in [-0.2, 0) is 6.42 Å². The van der Waals surface area contributed by atoms with Crippen LogP contribution in [0.2, 0.25) is 0 Å². The summed E-state index contributed by atoms with van der Waals surface area (Å²) < 4.78 is 13.6. The molecule has 0 aromatic heterocycles. The maximum absolute atomic E-state index is 13.6. The van der Waals surface area contributed by atoms with E-state index in [4.69, 9.17) is 0 Å². The van der Waals surface area contributed by atoms with E-state index in [9.17, 15) is 9.50 Å². The second kappa shape index (κ2) is 5.15. The van der Waals surface area contributed by atoms with Crippen molar-refractivity contribution >= 4 is 0 Å². The summed E-state index contributed by atoms with van der Waals surface area (Å²) in [5.41, 5.74) is -0.208. The Morgan fingerprint density at radius 3 is 2.65 bits per heavy atom. The zero-order valence-electron chi connectivity index (χ0n) is 10.2. The molecule has 1 heterocycles. The number of nitrogens with one attached hydrogen (secondary N) is 1. The normalized spacial score (nSPS) is 21.1. The number of aliphatic hydroxyl groups is 1. The molecule has 3 heteroatoms. The number of halogens is 1. The molecule has 0 bridgehead atoms. The molecule has 2 nitrogen and oxygen atoms in total. The Morgan fingerprint density at radius 2 is 2.00 bits per heavy atom. The number of hydrogen-bond donors (Lipinski definition) is 2. The van der Waals surface area contributed by atoms with Crippen LogP contribution >= 0.6 is 0 Å². The van der Waals surface area contributed by atoms with Crippen molar-refractivity contribution in [3.8, 4) is 0 Å². The smallest absolute Gasteiger partial charge is 0.126 e. The van der Waals surface area contributed by atoms with Crippen molar-refractivity contribution < 1.29 is 9.50 Å². The summed E-state index contributed by atoms with van der Waals surface area (Å²) in [6, 6.07) is 6.70. The van der Waals surface area contributed by atoms with Crippen molar-refractivity contribution in [2.45, 2.75) is 31.8 Å². The van der Waals surface area contributed by atoms with Gasteiger partial charge in [-0.2, -0.15) is 0 Å². The molecule has 1 fully saturated rings. The van der Waals surface area contributed by atoms with Crippen molar-refractivity contribution in [1.29, 1.82) is 0 Å². The average molecular weight is 237 g/mol. The Hall–Kier alpha value is -0.930. The molecule has 1 unspecified atom stereocenters. The third-order valence-electron chi connectivity index (χ3n) is 3.72. The second-order valence-corrected chi connectivity index (χ2v) is 5.15. The minimum atomic E-state index is -0.815. The maximum Gasteiger partial charge on any atom is 0.126 e. The van der Waals surface area contributed by atoms with Gasteiger partial charge in [0.05, 0.1) is 5.60 Å². The van der Waals surface area contributed by atoms with Gasteiger partial charge in [0, 0.05) is 6.42 Å². The first-order valence-corrected chi connectivity index (χ1v) is 6.26. The van der Waals surface area contributed by atoms with Gasteiger partial charge in [-0.05, 0) is 50.4 Å². The van der Waals surface area contributed by atoms with E-state index in [0.717, 1.165) is 25.9 Å². The third kappa shape index (κ3) is 3.05. The molecule has 0 radical (unpaired) electrons. The van der Waals surface area contributed by atoms with E-state index in [0.29, 0.717) is 12.0 Å². The summed E-state index contributed by atoms with van der Waals surface area (Å²) in [5.74, 6) is 0.0325. The predicted octanol–water partition coefficient (Wildman–Crippen LogP) is 2.12. The molecule has 1 aromatic carbocycles. The Bertz CT molecular complexity index is 372. The lowest BCUT2D eigenvalue weighted by molar-refractivity contribution is -0.0137. The Labute approximate surface area is 102 Å². The van der Waals surface area contributed by atoms with Gasteiger partial charge in [0.15, 0.2) is 0 Å². The van der Waals surface area contributed by atoms with E-state index in [1.165, 1.54) is 6.07 Å². The molecule has 17 heavy (non-hydrogen) atoms. The molecule has 1 saturated heterocycles. The van der Waals surface area contributed by atoms with Gasteiger partial charge < -0.3 is 10.4 Å². The van der Waals surface area contributed by atoms with Crippen LogP contribution in [0.15, 0.2) is 24.3 Å². The van der Waals surface area contributed by atoms with Crippen molar-refractivity contribution in [1.82, 2.24) is 5.32 Å². The van der Waals surface area contributed by atoms with Crippen LogP contribution in [0.5, 0.6) is 0 Å². The lowest BCUT2D eigenvalue weighted by Gasteiger charge is -2.36. The minimum absolute atomic E-state index is 0.221. The first-order chi connectivity index (χ1) is 8.09. The van der Waals surface area contributed by atoms with Crippen LogP contribution < -0.4 is 5.32 Å². The number of rotatable bonds is 3. The zero-order valence-corrected chi connectivity index (χ0v) is 10.2. The molecule has 1 aromatic rings. The zero-order chi connectivity index (χ0) is 12.3. The molecular formula is C14H20FNO. The highest BCUT2D eigenvalue weighted by Crippen LogP contribution is 2.29.